The second-order valence-corrected chi connectivity index (χ2v) is 5.31. The van der Waals surface area contributed by atoms with Crippen molar-refractivity contribution in [2.24, 2.45) is 0 Å². The number of nitrogens with zero attached hydrogens (tertiary/aromatic N) is 1. The average molecular weight is 232 g/mol. The van der Waals surface area contributed by atoms with Gasteiger partial charge in [0.25, 0.3) is 0 Å². The molecule has 0 aliphatic carbocycles. The van der Waals surface area contributed by atoms with Gasteiger partial charge in [-0.15, -0.1) is 0 Å². The number of anilines is 1. The first-order chi connectivity index (χ1) is 8.11. The lowest BCUT2D eigenvalue weighted by Crippen LogP contribution is -2.55. The van der Waals surface area contributed by atoms with Crippen LogP contribution in [0.5, 0.6) is 0 Å². The van der Waals surface area contributed by atoms with E-state index in [1.165, 1.54) is 23.2 Å². The van der Waals surface area contributed by atoms with Gasteiger partial charge in [0, 0.05) is 30.9 Å². The van der Waals surface area contributed by atoms with Crippen molar-refractivity contribution in [2.75, 3.05) is 18.0 Å². The van der Waals surface area contributed by atoms with E-state index in [0.29, 0.717) is 12.1 Å². The Morgan fingerprint density at radius 3 is 2.82 bits per heavy atom. The van der Waals surface area contributed by atoms with Crippen LogP contribution in [-0.2, 0) is 0 Å². The summed E-state index contributed by atoms with van der Waals surface area (Å²) in [7, 11) is 0. The van der Waals surface area contributed by atoms with Crippen molar-refractivity contribution < 1.29 is 0 Å². The summed E-state index contributed by atoms with van der Waals surface area (Å²) in [5, 5.41) is 3.58. The average Bonchev–Trinajstić information content (AvgIpc) is 2.32. The molecule has 0 saturated carbocycles. The fourth-order valence-corrected chi connectivity index (χ4v) is 2.64. The molecule has 0 spiro atoms. The van der Waals surface area contributed by atoms with Crippen LogP contribution in [0.4, 0.5) is 5.69 Å². The van der Waals surface area contributed by atoms with Gasteiger partial charge in [0.05, 0.1) is 0 Å². The van der Waals surface area contributed by atoms with Crippen LogP contribution in [0.2, 0.25) is 0 Å². The van der Waals surface area contributed by atoms with Crippen molar-refractivity contribution in [3.63, 3.8) is 0 Å². The van der Waals surface area contributed by atoms with Crippen molar-refractivity contribution in [3.05, 3.63) is 29.3 Å². The molecule has 1 aliphatic heterocycles. The molecular formula is C15H24N2. The molecule has 1 saturated heterocycles. The zero-order valence-corrected chi connectivity index (χ0v) is 11.5. The second-order valence-electron chi connectivity index (χ2n) is 5.31. The SMILES string of the molecule is CCC1CNC(C)CN1c1cc(C)ccc1C. The topological polar surface area (TPSA) is 15.3 Å². The highest BCUT2D eigenvalue weighted by Gasteiger charge is 2.25. The van der Waals surface area contributed by atoms with Crippen LogP contribution in [0.15, 0.2) is 18.2 Å². The van der Waals surface area contributed by atoms with Gasteiger partial charge in [-0.3, -0.25) is 0 Å². The van der Waals surface area contributed by atoms with Crippen LogP contribution < -0.4 is 10.2 Å². The van der Waals surface area contributed by atoms with Crippen LogP contribution in [0.25, 0.3) is 0 Å². The maximum atomic E-state index is 3.58. The molecule has 1 fully saturated rings. The maximum Gasteiger partial charge on any atom is 0.0412 e. The molecule has 0 bridgehead atoms. The molecule has 2 nitrogen and oxygen atoms in total. The van der Waals surface area contributed by atoms with E-state index in [0.717, 1.165) is 13.1 Å². The normalized spacial score (nSPS) is 25.1. The highest BCUT2D eigenvalue weighted by atomic mass is 15.2. The summed E-state index contributed by atoms with van der Waals surface area (Å²) < 4.78 is 0. The van der Waals surface area contributed by atoms with Crippen LogP contribution in [0, 0.1) is 13.8 Å². The number of piperazine rings is 1. The van der Waals surface area contributed by atoms with E-state index in [-0.39, 0.29) is 0 Å². The second kappa shape index (κ2) is 5.09. The van der Waals surface area contributed by atoms with Crippen LogP contribution in [0.1, 0.15) is 31.4 Å². The fourth-order valence-electron chi connectivity index (χ4n) is 2.64. The Hall–Kier alpha value is -1.02. The zero-order chi connectivity index (χ0) is 12.4. The highest BCUT2D eigenvalue weighted by molar-refractivity contribution is 5.56. The van der Waals surface area contributed by atoms with Crippen LogP contribution >= 0.6 is 0 Å². The van der Waals surface area contributed by atoms with Gasteiger partial charge in [0.15, 0.2) is 0 Å². The van der Waals surface area contributed by atoms with Crippen molar-refractivity contribution in [1.29, 1.82) is 0 Å². The summed E-state index contributed by atoms with van der Waals surface area (Å²) >= 11 is 0. The Morgan fingerprint density at radius 2 is 2.12 bits per heavy atom. The molecule has 0 radical (unpaired) electrons. The number of hydrogen-bond donors (Lipinski definition) is 1. The molecule has 0 amide bonds. The van der Waals surface area contributed by atoms with E-state index in [9.17, 15) is 0 Å². The van der Waals surface area contributed by atoms with Crippen molar-refractivity contribution >= 4 is 5.69 Å². The molecule has 1 aliphatic rings. The molecule has 2 unspecified atom stereocenters. The molecule has 2 heteroatoms. The fraction of sp³-hybridized carbons (Fsp3) is 0.600. The Bertz CT molecular complexity index is 387. The van der Waals surface area contributed by atoms with Gasteiger partial charge < -0.3 is 10.2 Å². The molecule has 1 heterocycles. The molecule has 17 heavy (non-hydrogen) atoms. The quantitative estimate of drug-likeness (QED) is 0.843. The predicted octanol–water partition coefficient (Wildman–Crippen LogP) is 2.88. The van der Waals surface area contributed by atoms with Crippen LogP contribution in [0.3, 0.4) is 0 Å². The summed E-state index contributed by atoms with van der Waals surface area (Å²) in [6.07, 6.45) is 1.20. The zero-order valence-electron chi connectivity index (χ0n) is 11.5. The lowest BCUT2D eigenvalue weighted by atomic mass is 10.0. The first-order valence-corrected chi connectivity index (χ1v) is 6.69. The van der Waals surface area contributed by atoms with Gasteiger partial charge in [-0.05, 0) is 44.4 Å². The molecule has 2 atom stereocenters. The van der Waals surface area contributed by atoms with E-state index in [1.54, 1.807) is 0 Å². The monoisotopic (exact) mass is 232 g/mol. The van der Waals surface area contributed by atoms with E-state index in [2.05, 4.69) is 56.1 Å². The Balaban J connectivity index is 2.31. The van der Waals surface area contributed by atoms with Gasteiger partial charge in [-0.1, -0.05) is 19.1 Å². The van der Waals surface area contributed by atoms with Crippen molar-refractivity contribution in [2.45, 2.75) is 46.2 Å². The van der Waals surface area contributed by atoms with Gasteiger partial charge in [0.2, 0.25) is 0 Å². The molecule has 94 valence electrons. The summed E-state index contributed by atoms with van der Waals surface area (Å²) in [5.74, 6) is 0. The predicted molar refractivity (Wildman–Crippen MR) is 74.8 cm³/mol. The highest BCUT2D eigenvalue weighted by Crippen LogP contribution is 2.26. The molecule has 1 aromatic carbocycles. The van der Waals surface area contributed by atoms with Gasteiger partial charge in [-0.25, -0.2) is 0 Å². The van der Waals surface area contributed by atoms with Crippen LogP contribution in [-0.4, -0.2) is 25.2 Å². The number of rotatable bonds is 2. The largest absolute Gasteiger partial charge is 0.366 e. The number of hydrogen-bond acceptors (Lipinski definition) is 2. The minimum absolute atomic E-state index is 0.581. The van der Waals surface area contributed by atoms with Crippen molar-refractivity contribution in [3.8, 4) is 0 Å². The van der Waals surface area contributed by atoms with Gasteiger partial charge >= 0.3 is 0 Å². The standard InChI is InChI=1S/C15H24N2/c1-5-14-9-16-13(4)10-17(14)15-8-11(2)6-7-12(15)3/h6-8,13-14,16H,5,9-10H2,1-4H3. The summed E-state index contributed by atoms with van der Waals surface area (Å²) in [4.78, 5) is 2.59. The lowest BCUT2D eigenvalue weighted by Gasteiger charge is -2.41. The molecule has 1 N–H and O–H groups in total. The van der Waals surface area contributed by atoms with Gasteiger partial charge in [0.1, 0.15) is 0 Å². The van der Waals surface area contributed by atoms with Gasteiger partial charge in [-0.2, -0.15) is 0 Å². The number of nitrogens with one attached hydrogen (secondary N) is 1. The molecular weight excluding hydrogens is 208 g/mol. The van der Waals surface area contributed by atoms with E-state index < -0.39 is 0 Å². The first kappa shape index (κ1) is 12.4. The van der Waals surface area contributed by atoms with E-state index in [4.69, 9.17) is 0 Å². The Morgan fingerprint density at radius 1 is 1.35 bits per heavy atom. The van der Waals surface area contributed by atoms with E-state index in [1.807, 2.05) is 0 Å². The Kier molecular flexibility index (Phi) is 3.72. The lowest BCUT2D eigenvalue weighted by molar-refractivity contribution is 0.402. The third-order valence-corrected chi connectivity index (χ3v) is 3.76. The maximum absolute atomic E-state index is 3.58. The number of aryl methyl sites for hydroxylation is 2. The Labute approximate surface area is 105 Å². The molecule has 0 aromatic heterocycles. The minimum Gasteiger partial charge on any atom is -0.366 e. The summed E-state index contributed by atoms with van der Waals surface area (Å²) in [6, 6.07) is 7.98. The molecule has 2 rings (SSSR count). The first-order valence-electron chi connectivity index (χ1n) is 6.69. The summed E-state index contributed by atoms with van der Waals surface area (Å²) in [5.41, 5.74) is 4.17. The summed E-state index contributed by atoms with van der Waals surface area (Å²) in [6.45, 7) is 11.2. The third-order valence-electron chi connectivity index (χ3n) is 3.76. The third kappa shape index (κ3) is 2.63. The number of benzene rings is 1. The molecule has 1 aromatic rings. The minimum atomic E-state index is 0.581. The van der Waals surface area contributed by atoms with Crippen molar-refractivity contribution in [1.82, 2.24) is 5.32 Å². The smallest absolute Gasteiger partial charge is 0.0412 e. The van der Waals surface area contributed by atoms with E-state index >= 15 is 0 Å².